The number of ether oxygens (including phenoxy) is 2. The molecule has 2 fully saturated rings. The number of hydrogen-bond acceptors (Lipinski definition) is 6. The number of hydrogen-bond donors (Lipinski definition) is 2. The lowest BCUT2D eigenvalue weighted by molar-refractivity contribution is -0.139. The maximum absolute atomic E-state index is 13.1. The topological polar surface area (TPSA) is 100 Å². The molecule has 9 nitrogen and oxygen atoms in total. The smallest absolute Gasteiger partial charge is 0.344 e. The van der Waals surface area contributed by atoms with Gasteiger partial charge in [0.25, 0.3) is 11.8 Å². The maximum atomic E-state index is 13.1. The Labute approximate surface area is 199 Å². The van der Waals surface area contributed by atoms with E-state index < -0.39 is 23.4 Å². The largest absolute Gasteiger partial charge is 0.497 e. The highest BCUT2D eigenvalue weighted by Gasteiger charge is 2.50. The summed E-state index contributed by atoms with van der Waals surface area (Å²) < 4.78 is 10.7. The number of hydrazine groups is 1. The summed E-state index contributed by atoms with van der Waals surface area (Å²) in [5, 5.41) is 3.46. The SMILES string of the molecule is CCOc1ccc(C2CCCN2CC(=O)NN2C(=O)NC(C)(c3cccc(OC)c3)C2=O)cc1. The van der Waals surface area contributed by atoms with Crippen molar-refractivity contribution in [3.63, 3.8) is 0 Å². The molecule has 2 atom stereocenters. The second-order valence-corrected chi connectivity index (χ2v) is 8.59. The lowest BCUT2D eigenvalue weighted by Gasteiger charge is -2.26. The summed E-state index contributed by atoms with van der Waals surface area (Å²) in [7, 11) is 1.53. The van der Waals surface area contributed by atoms with Gasteiger partial charge in [0.05, 0.1) is 20.3 Å². The van der Waals surface area contributed by atoms with Crippen LogP contribution in [0.5, 0.6) is 11.5 Å². The first-order chi connectivity index (χ1) is 16.4. The van der Waals surface area contributed by atoms with Gasteiger partial charge in [0, 0.05) is 6.04 Å². The second kappa shape index (κ2) is 9.72. The van der Waals surface area contributed by atoms with Gasteiger partial charge in [0.1, 0.15) is 17.0 Å². The van der Waals surface area contributed by atoms with Gasteiger partial charge in [-0.1, -0.05) is 24.3 Å². The number of likely N-dealkylation sites (tertiary alicyclic amines) is 1. The van der Waals surface area contributed by atoms with Crippen LogP contribution in [0.2, 0.25) is 0 Å². The molecule has 2 heterocycles. The van der Waals surface area contributed by atoms with Crippen LogP contribution in [0.3, 0.4) is 0 Å². The third-order valence-electron chi connectivity index (χ3n) is 6.36. The van der Waals surface area contributed by atoms with E-state index in [1.807, 2.05) is 31.2 Å². The molecular weight excluding hydrogens is 436 g/mol. The predicted molar refractivity (Wildman–Crippen MR) is 125 cm³/mol. The summed E-state index contributed by atoms with van der Waals surface area (Å²) in [6.45, 7) is 4.99. The van der Waals surface area contributed by atoms with E-state index in [2.05, 4.69) is 15.6 Å². The Balaban J connectivity index is 1.42. The van der Waals surface area contributed by atoms with Crippen molar-refractivity contribution in [3.8, 4) is 11.5 Å². The summed E-state index contributed by atoms with van der Waals surface area (Å²) in [4.78, 5) is 40.6. The molecule has 2 saturated heterocycles. The van der Waals surface area contributed by atoms with Crippen molar-refractivity contribution in [2.45, 2.75) is 38.3 Å². The average Bonchev–Trinajstić information content (AvgIpc) is 3.38. The van der Waals surface area contributed by atoms with Crippen LogP contribution in [-0.2, 0) is 15.1 Å². The number of methoxy groups -OCH3 is 1. The first-order valence-corrected chi connectivity index (χ1v) is 11.4. The molecule has 0 bridgehead atoms. The number of amides is 4. The van der Waals surface area contributed by atoms with Gasteiger partial charge in [-0.05, 0) is 68.6 Å². The summed E-state index contributed by atoms with van der Waals surface area (Å²) in [6, 6.07) is 14.2. The third-order valence-corrected chi connectivity index (χ3v) is 6.36. The lowest BCUT2D eigenvalue weighted by Crippen LogP contribution is -2.50. The third kappa shape index (κ3) is 4.56. The molecule has 34 heavy (non-hydrogen) atoms. The van der Waals surface area contributed by atoms with Gasteiger partial charge in [-0.3, -0.25) is 19.9 Å². The number of imide groups is 1. The van der Waals surface area contributed by atoms with E-state index in [9.17, 15) is 14.4 Å². The minimum Gasteiger partial charge on any atom is -0.497 e. The van der Waals surface area contributed by atoms with E-state index in [-0.39, 0.29) is 12.6 Å². The molecule has 180 valence electrons. The molecule has 4 rings (SSSR count). The monoisotopic (exact) mass is 466 g/mol. The number of carbonyl (C=O) groups excluding carboxylic acids is 3. The van der Waals surface area contributed by atoms with Crippen molar-refractivity contribution >= 4 is 17.8 Å². The van der Waals surface area contributed by atoms with Crippen molar-refractivity contribution in [2.75, 3.05) is 26.8 Å². The average molecular weight is 467 g/mol. The van der Waals surface area contributed by atoms with E-state index in [0.29, 0.717) is 17.9 Å². The Morgan fingerprint density at radius 2 is 1.94 bits per heavy atom. The van der Waals surface area contributed by atoms with Gasteiger partial charge in [-0.15, -0.1) is 0 Å². The molecule has 0 aliphatic carbocycles. The molecule has 2 aliphatic heterocycles. The molecule has 2 aliphatic rings. The number of carbonyl (C=O) groups is 3. The molecule has 9 heteroatoms. The summed E-state index contributed by atoms with van der Waals surface area (Å²) >= 11 is 0. The van der Waals surface area contributed by atoms with Crippen molar-refractivity contribution < 1.29 is 23.9 Å². The van der Waals surface area contributed by atoms with Gasteiger partial charge in [0.15, 0.2) is 0 Å². The van der Waals surface area contributed by atoms with Crippen LogP contribution in [0.4, 0.5) is 4.79 Å². The molecule has 0 spiro atoms. The Kier molecular flexibility index (Phi) is 6.74. The Morgan fingerprint density at radius 1 is 1.18 bits per heavy atom. The van der Waals surface area contributed by atoms with Crippen LogP contribution in [-0.4, -0.2) is 54.6 Å². The van der Waals surface area contributed by atoms with Crippen LogP contribution < -0.4 is 20.2 Å². The maximum Gasteiger partial charge on any atom is 0.344 e. The van der Waals surface area contributed by atoms with Crippen molar-refractivity contribution in [3.05, 3.63) is 59.7 Å². The summed E-state index contributed by atoms with van der Waals surface area (Å²) in [6.07, 6.45) is 1.89. The first-order valence-electron chi connectivity index (χ1n) is 11.4. The molecule has 0 aromatic heterocycles. The molecule has 2 aromatic rings. The minimum absolute atomic E-state index is 0.0742. The number of nitrogens with one attached hydrogen (secondary N) is 2. The fourth-order valence-electron chi connectivity index (χ4n) is 4.56. The molecule has 0 radical (unpaired) electrons. The van der Waals surface area contributed by atoms with E-state index in [0.717, 1.165) is 35.7 Å². The van der Waals surface area contributed by atoms with Crippen LogP contribution in [0.1, 0.15) is 43.9 Å². The normalized spacial score (nSPS) is 22.6. The highest BCUT2D eigenvalue weighted by atomic mass is 16.5. The van der Waals surface area contributed by atoms with E-state index >= 15 is 0 Å². The number of urea groups is 1. The number of rotatable bonds is 8. The number of nitrogens with zero attached hydrogens (tertiary/aromatic N) is 2. The zero-order valence-electron chi connectivity index (χ0n) is 19.7. The second-order valence-electron chi connectivity index (χ2n) is 8.59. The van der Waals surface area contributed by atoms with Gasteiger partial charge in [-0.25, -0.2) is 4.79 Å². The molecule has 4 amide bonds. The minimum atomic E-state index is -1.31. The van der Waals surface area contributed by atoms with Crippen LogP contribution in [0.15, 0.2) is 48.5 Å². The van der Waals surface area contributed by atoms with Gasteiger partial charge < -0.3 is 14.8 Å². The fourth-order valence-corrected chi connectivity index (χ4v) is 4.56. The zero-order valence-corrected chi connectivity index (χ0v) is 19.7. The van der Waals surface area contributed by atoms with Crippen molar-refractivity contribution in [1.29, 1.82) is 0 Å². The Morgan fingerprint density at radius 3 is 2.65 bits per heavy atom. The van der Waals surface area contributed by atoms with Gasteiger partial charge in [-0.2, -0.15) is 5.01 Å². The molecule has 0 saturated carbocycles. The van der Waals surface area contributed by atoms with Crippen LogP contribution >= 0.6 is 0 Å². The van der Waals surface area contributed by atoms with E-state index in [4.69, 9.17) is 9.47 Å². The summed E-state index contributed by atoms with van der Waals surface area (Å²) in [5.41, 5.74) is 2.86. The molecule has 2 aromatic carbocycles. The van der Waals surface area contributed by atoms with Crippen molar-refractivity contribution in [1.82, 2.24) is 20.7 Å². The van der Waals surface area contributed by atoms with E-state index in [1.54, 1.807) is 31.2 Å². The van der Waals surface area contributed by atoms with Crippen LogP contribution in [0.25, 0.3) is 0 Å². The van der Waals surface area contributed by atoms with E-state index in [1.165, 1.54) is 7.11 Å². The molecular formula is C25H30N4O5. The highest BCUT2D eigenvalue weighted by molar-refractivity contribution is 6.08. The Hall–Kier alpha value is -3.59. The van der Waals surface area contributed by atoms with Gasteiger partial charge >= 0.3 is 6.03 Å². The molecule has 2 N–H and O–H groups in total. The Bertz CT molecular complexity index is 1070. The fraction of sp³-hybridized carbons (Fsp3) is 0.400. The predicted octanol–water partition coefficient (Wildman–Crippen LogP) is 2.73. The summed E-state index contributed by atoms with van der Waals surface area (Å²) in [5.74, 6) is 0.406. The standard InChI is InChI=1S/C25H30N4O5/c1-4-34-19-12-10-17(11-13-19)21-9-6-14-28(21)16-22(30)27-29-23(31)25(2,26-24(29)32)18-7-5-8-20(15-18)33-3/h5,7-8,10-13,15,21H,4,6,9,14,16H2,1-3H3,(H,26,32)(H,27,30). The quantitative estimate of drug-likeness (QED) is 0.581. The highest BCUT2D eigenvalue weighted by Crippen LogP contribution is 2.33. The number of benzene rings is 2. The van der Waals surface area contributed by atoms with Crippen LogP contribution in [0, 0.1) is 0 Å². The van der Waals surface area contributed by atoms with Crippen molar-refractivity contribution in [2.24, 2.45) is 0 Å². The lowest BCUT2D eigenvalue weighted by atomic mass is 9.92. The molecule has 2 unspecified atom stereocenters. The van der Waals surface area contributed by atoms with Gasteiger partial charge in [0.2, 0.25) is 0 Å². The zero-order chi connectivity index (χ0) is 24.3. The first kappa shape index (κ1) is 23.6.